The van der Waals surface area contributed by atoms with Crippen LogP contribution in [0.15, 0.2) is 53.3 Å². The Bertz CT molecular complexity index is 1270. The molecule has 0 aliphatic rings. The van der Waals surface area contributed by atoms with Gasteiger partial charge in [-0.3, -0.25) is 14.2 Å². The van der Waals surface area contributed by atoms with Gasteiger partial charge in [-0.1, -0.05) is 104 Å². The Morgan fingerprint density at radius 1 is 0.810 bits per heavy atom. The van der Waals surface area contributed by atoms with Crippen LogP contribution < -0.4 is 10.3 Å². The van der Waals surface area contributed by atoms with E-state index in [-0.39, 0.29) is 17.5 Å². The number of carbonyl (C=O) groups is 1. The van der Waals surface area contributed by atoms with E-state index in [0.717, 1.165) is 50.0 Å². The van der Waals surface area contributed by atoms with Crippen LogP contribution >= 0.6 is 0 Å². The molecule has 3 rings (SSSR count). The molecule has 42 heavy (non-hydrogen) atoms. The van der Waals surface area contributed by atoms with Crippen molar-refractivity contribution in [2.24, 2.45) is 0 Å². The molecule has 0 fully saturated rings. The monoisotopic (exact) mass is 575 g/mol. The van der Waals surface area contributed by atoms with Crippen LogP contribution in [0.1, 0.15) is 129 Å². The predicted molar refractivity (Wildman–Crippen MR) is 175 cm³/mol. The van der Waals surface area contributed by atoms with E-state index in [1.165, 1.54) is 44.9 Å². The molecule has 1 heterocycles. The molecule has 0 aliphatic carbocycles. The van der Waals surface area contributed by atoms with E-state index in [0.29, 0.717) is 36.1 Å². The van der Waals surface area contributed by atoms with Gasteiger partial charge >= 0.3 is 0 Å². The lowest BCUT2D eigenvalue weighted by atomic mass is 10.0. The minimum atomic E-state index is -0.294. The molecule has 1 aromatic heterocycles. The zero-order valence-electron chi connectivity index (χ0n) is 26.6. The Kier molecular flexibility index (Phi) is 14.6. The van der Waals surface area contributed by atoms with Crippen LogP contribution in [0.4, 0.5) is 0 Å². The number of amides is 1. The maximum absolute atomic E-state index is 14.0. The second-order valence-corrected chi connectivity index (χ2v) is 11.5. The largest absolute Gasteiger partial charge is 0.497 e. The number of benzene rings is 2. The normalized spacial score (nSPS) is 12.0. The fourth-order valence-corrected chi connectivity index (χ4v) is 5.79. The molecule has 0 saturated carbocycles. The van der Waals surface area contributed by atoms with Gasteiger partial charge in [0, 0.05) is 13.0 Å². The van der Waals surface area contributed by atoms with Gasteiger partial charge in [0.15, 0.2) is 0 Å². The van der Waals surface area contributed by atoms with Gasteiger partial charge in [0.25, 0.3) is 5.56 Å². The van der Waals surface area contributed by atoms with Gasteiger partial charge in [0.1, 0.15) is 11.6 Å². The second kappa shape index (κ2) is 18.4. The second-order valence-electron chi connectivity index (χ2n) is 11.5. The molecular weight excluding hydrogens is 522 g/mol. The number of aromatic nitrogens is 2. The number of fused-ring (bicyclic) bond motifs is 1. The number of rotatable bonds is 20. The Morgan fingerprint density at radius 3 is 2.02 bits per heavy atom. The summed E-state index contributed by atoms with van der Waals surface area (Å²) in [5.41, 5.74) is 1.28. The summed E-state index contributed by atoms with van der Waals surface area (Å²) in [4.78, 5) is 34.9. The third kappa shape index (κ3) is 9.43. The first kappa shape index (κ1) is 33.4. The highest BCUT2D eigenvalue weighted by molar-refractivity contribution is 5.79. The average Bonchev–Trinajstić information content (AvgIpc) is 3.02. The molecule has 0 spiro atoms. The van der Waals surface area contributed by atoms with Crippen molar-refractivity contribution in [2.75, 3.05) is 13.7 Å². The highest BCUT2D eigenvalue weighted by Gasteiger charge is 2.28. The number of nitrogens with zero attached hydrogens (tertiary/aromatic N) is 3. The third-order valence-corrected chi connectivity index (χ3v) is 8.26. The molecule has 1 unspecified atom stereocenters. The van der Waals surface area contributed by atoms with Crippen molar-refractivity contribution in [3.05, 3.63) is 64.7 Å². The zero-order valence-corrected chi connectivity index (χ0v) is 26.6. The molecule has 3 aromatic rings. The number of ether oxygens (including phenoxy) is 1. The van der Waals surface area contributed by atoms with Crippen molar-refractivity contribution in [1.82, 2.24) is 14.5 Å². The molecule has 230 valence electrons. The molecular formula is C36H53N3O3. The number of methoxy groups -OCH3 is 1. The minimum absolute atomic E-state index is 0.114. The number of unbranched alkanes of at least 4 members (excludes halogenated alkanes) is 11. The lowest BCUT2D eigenvalue weighted by Crippen LogP contribution is -2.39. The van der Waals surface area contributed by atoms with Crippen molar-refractivity contribution in [3.8, 4) is 11.4 Å². The van der Waals surface area contributed by atoms with Crippen molar-refractivity contribution >= 4 is 16.8 Å². The average molecular weight is 576 g/mol. The summed E-state index contributed by atoms with van der Waals surface area (Å²) in [6, 6.07) is 14.7. The molecule has 0 N–H and O–H groups in total. The van der Waals surface area contributed by atoms with Gasteiger partial charge in [0.05, 0.1) is 29.7 Å². The molecule has 1 atom stereocenters. The van der Waals surface area contributed by atoms with Crippen molar-refractivity contribution in [3.63, 3.8) is 0 Å². The summed E-state index contributed by atoms with van der Waals surface area (Å²) in [6.07, 6.45) is 16.6. The van der Waals surface area contributed by atoms with Crippen LogP contribution in [-0.2, 0) is 4.79 Å². The summed E-state index contributed by atoms with van der Waals surface area (Å²) < 4.78 is 7.08. The van der Waals surface area contributed by atoms with E-state index < -0.39 is 0 Å². The lowest BCUT2D eigenvalue weighted by molar-refractivity contribution is -0.134. The third-order valence-electron chi connectivity index (χ3n) is 8.26. The van der Waals surface area contributed by atoms with Gasteiger partial charge in [-0.2, -0.15) is 0 Å². The molecule has 0 aliphatic heterocycles. The van der Waals surface area contributed by atoms with E-state index in [4.69, 9.17) is 9.72 Å². The van der Waals surface area contributed by atoms with Crippen LogP contribution in [0.25, 0.3) is 16.6 Å². The Balaban J connectivity index is 1.88. The molecule has 6 heteroatoms. The molecule has 1 amide bonds. The van der Waals surface area contributed by atoms with Crippen molar-refractivity contribution in [1.29, 1.82) is 0 Å². The number of para-hydroxylation sites is 1. The van der Waals surface area contributed by atoms with Gasteiger partial charge in [0.2, 0.25) is 5.91 Å². The Labute approximate surface area is 253 Å². The van der Waals surface area contributed by atoms with Crippen molar-refractivity contribution in [2.45, 2.75) is 123 Å². The van der Waals surface area contributed by atoms with Gasteiger partial charge in [-0.05, 0) is 55.7 Å². The molecule has 0 saturated heterocycles. The van der Waals surface area contributed by atoms with Crippen LogP contribution in [0.5, 0.6) is 5.75 Å². The smallest absolute Gasteiger partial charge is 0.266 e. The summed E-state index contributed by atoms with van der Waals surface area (Å²) in [6.45, 7) is 7.23. The SMILES string of the molecule is CCCCCCCCCCCC(=O)N(CCCCCC)C(CC)c1nc2ccccc2c(=O)n1-c1ccc(OC)cc1. The standard InChI is InChI=1S/C36H53N3O3/c1-5-8-10-12-13-14-15-16-17-23-34(40)38(28-20-11-9-6-2)33(7-3)35-37-32-22-19-18-21-31(32)36(41)39(35)29-24-26-30(42-4)27-25-29/h18-19,21-22,24-27,33H,5-17,20,23,28H2,1-4H3. The molecule has 0 radical (unpaired) electrons. The van der Waals surface area contributed by atoms with Crippen molar-refractivity contribution < 1.29 is 9.53 Å². The fraction of sp³-hybridized carbons (Fsp3) is 0.583. The van der Waals surface area contributed by atoms with Gasteiger partial charge < -0.3 is 9.64 Å². The first-order valence-corrected chi connectivity index (χ1v) is 16.5. The molecule has 2 aromatic carbocycles. The topological polar surface area (TPSA) is 64.4 Å². The number of carbonyl (C=O) groups excluding carboxylic acids is 1. The Morgan fingerprint density at radius 2 is 1.40 bits per heavy atom. The quantitative estimate of drug-likeness (QED) is 0.126. The number of hydrogen-bond donors (Lipinski definition) is 0. The summed E-state index contributed by atoms with van der Waals surface area (Å²) in [5.74, 6) is 1.52. The summed E-state index contributed by atoms with van der Waals surface area (Å²) in [7, 11) is 1.63. The van der Waals surface area contributed by atoms with E-state index in [2.05, 4.69) is 20.8 Å². The fourth-order valence-electron chi connectivity index (χ4n) is 5.79. The van der Waals surface area contributed by atoms with Crippen LogP contribution in [0.3, 0.4) is 0 Å². The van der Waals surface area contributed by atoms with E-state index in [1.807, 2.05) is 53.4 Å². The minimum Gasteiger partial charge on any atom is -0.497 e. The molecule has 0 bridgehead atoms. The number of hydrogen-bond acceptors (Lipinski definition) is 4. The van der Waals surface area contributed by atoms with Gasteiger partial charge in [-0.25, -0.2) is 4.98 Å². The van der Waals surface area contributed by atoms with E-state index in [9.17, 15) is 9.59 Å². The lowest BCUT2D eigenvalue weighted by Gasteiger charge is -2.32. The first-order valence-electron chi connectivity index (χ1n) is 16.5. The summed E-state index contributed by atoms with van der Waals surface area (Å²) >= 11 is 0. The highest BCUT2D eigenvalue weighted by atomic mass is 16.5. The summed E-state index contributed by atoms with van der Waals surface area (Å²) in [5, 5.41) is 0.572. The van der Waals surface area contributed by atoms with Crippen LogP contribution in [-0.4, -0.2) is 34.0 Å². The van der Waals surface area contributed by atoms with Gasteiger partial charge in [-0.15, -0.1) is 0 Å². The van der Waals surface area contributed by atoms with Crippen LogP contribution in [0, 0.1) is 0 Å². The molecule has 6 nitrogen and oxygen atoms in total. The highest BCUT2D eigenvalue weighted by Crippen LogP contribution is 2.28. The first-order chi connectivity index (χ1) is 20.5. The van der Waals surface area contributed by atoms with E-state index >= 15 is 0 Å². The predicted octanol–water partition coefficient (Wildman–Crippen LogP) is 9.18. The van der Waals surface area contributed by atoms with E-state index in [1.54, 1.807) is 11.7 Å². The maximum atomic E-state index is 14.0. The Hall–Kier alpha value is -3.15. The maximum Gasteiger partial charge on any atom is 0.266 e. The van der Waals surface area contributed by atoms with Crippen LogP contribution in [0.2, 0.25) is 0 Å². The zero-order chi connectivity index (χ0) is 30.2.